The Balaban J connectivity index is 2.46. The fourth-order valence-corrected chi connectivity index (χ4v) is 5.42. The van der Waals surface area contributed by atoms with Gasteiger partial charge in [-0.3, -0.25) is 4.79 Å². The zero-order chi connectivity index (χ0) is 20.4. The van der Waals surface area contributed by atoms with Crippen molar-refractivity contribution < 1.29 is 27.5 Å². The molecule has 9 heteroatoms. The molecule has 2 rings (SSSR count). The predicted molar refractivity (Wildman–Crippen MR) is 99.0 cm³/mol. The van der Waals surface area contributed by atoms with Crippen LogP contribution in [-0.2, 0) is 31.3 Å². The molecular formula is C18H28N2O6S. The highest BCUT2D eigenvalue weighted by molar-refractivity contribution is 7.89. The van der Waals surface area contributed by atoms with Gasteiger partial charge in [-0.2, -0.15) is 4.31 Å². The first-order valence-corrected chi connectivity index (χ1v) is 10.6. The van der Waals surface area contributed by atoms with E-state index in [0.717, 1.165) is 0 Å². The maximum atomic E-state index is 13.4. The minimum absolute atomic E-state index is 0.0366. The Morgan fingerprint density at radius 2 is 1.74 bits per heavy atom. The quantitative estimate of drug-likeness (QED) is 0.676. The maximum absolute atomic E-state index is 13.4. The summed E-state index contributed by atoms with van der Waals surface area (Å²) in [5.74, 6) is -1.54. The third-order valence-electron chi connectivity index (χ3n) is 5.01. The summed E-state index contributed by atoms with van der Waals surface area (Å²) in [7, 11) is -2.25. The Bertz CT molecular complexity index is 827. The van der Waals surface area contributed by atoms with Gasteiger partial charge in [-0.05, 0) is 40.5 Å². The molecule has 2 heterocycles. The van der Waals surface area contributed by atoms with E-state index < -0.39 is 21.9 Å². The molecule has 1 aliphatic heterocycles. The molecule has 152 valence electrons. The average Bonchev–Trinajstić information content (AvgIpc) is 2.87. The average molecular weight is 400 g/mol. The lowest BCUT2D eigenvalue weighted by Crippen LogP contribution is -2.43. The fraction of sp³-hybridized carbons (Fsp3) is 0.667. The van der Waals surface area contributed by atoms with E-state index in [0.29, 0.717) is 30.8 Å². The summed E-state index contributed by atoms with van der Waals surface area (Å²) in [5.41, 5.74) is 1.06. The van der Waals surface area contributed by atoms with Crippen molar-refractivity contribution in [3.05, 3.63) is 17.0 Å². The van der Waals surface area contributed by atoms with Crippen molar-refractivity contribution in [1.82, 2.24) is 8.87 Å². The second kappa shape index (κ2) is 8.43. The van der Waals surface area contributed by atoms with Crippen molar-refractivity contribution in [2.24, 2.45) is 13.0 Å². The first kappa shape index (κ1) is 21.4. The molecule has 0 spiro atoms. The molecule has 1 aromatic rings. The molecule has 8 nitrogen and oxygen atoms in total. The number of hydrogen-bond acceptors (Lipinski definition) is 6. The number of aromatic nitrogens is 1. The Kier molecular flexibility index (Phi) is 6.69. The number of esters is 2. The normalized spacial score (nSPS) is 18.3. The number of ether oxygens (including phenoxy) is 2. The summed E-state index contributed by atoms with van der Waals surface area (Å²) in [6, 6.07) is 0. The van der Waals surface area contributed by atoms with Crippen molar-refractivity contribution in [3.63, 3.8) is 0 Å². The molecule has 0 aliphatic carbocycles. The molecule has 0 N–H and O–H groups in total. The van der Waals surface area contributed by atoms with Crippen LogP contribution in [0.3, 0.4) is 0 Å². The molecule has 1 unspecified atom stereocenters. The first-order valence-electron chi connectivity index (χ1n) is 9.16. The molecule has 27 heavy (non-hydrogen) atoms. The molecule has 0 amide bonds. The van der Waals surface area contributed by atoms with Gasteiger partial charge in [-0.25, -0.2) is 13.2 Å². The zero-order valence-electron chi connectivity index (χ0n) is 16.6. The first-order chi connectivity index (χ1) is 12.7. The van der Waals surface area contributed by atoms with E-state index in [1.807, 2.05) is 0 Å². The Labute approximate surface area is 160 Å². The van der Waals surface area contributed by atoms with Crippen LogP contribution in [0.4, 0.5) is 0 Å². The van der Waals surface area contributed by atoms with Gasteiger partial charge in [0.1, 0.15) is 10.5 Å². The monoisotopic (exact) mass is 400 g/mol. The molecular weight excluding hydrogens is 372 g/mol. The van der Waals surface area contributed by atoms with Crippen LogP contribution in [0.2, 0.25) is 0 Å². The lowest BCUT2D eigenvalue weighted by atomic mass is 10.0. The van der Waals surface area contributed by atoms with Crippen LogP contribution < -0.4 is 0 Å². The standard InChI is InChI=1S/C18H28N2O6S/c1-6-25-17(21)14-9-8-10-20(11-14)27(23,24)16-13(4)19(5)12(3)15(16)18(22)26-7-2/h14H,6-11H2,1-5H3. The van der Waals surface area contributed by atoms with Crippen LogP contribution in [0.25, 0.3) is 0 Å². The van der Waals surface area contributed by atoms with Crippen LogP contribution in [0, 0.1) is 19.8 Å². The molecule has 1 saturated heterocycles. The molecule has 1 fully saturated rings. The van der Waals surface area contributed by atoms with Crippen LogP contribution in [0.1, 0.15) is 48.4 Å². The van der Waals surface area contributed by atoms with Gasteiger partial charge in [0.25, 0.3) is 0 Å². The summed E-state index contributed by atoms with van der Waals surface area (Å²) in [6.07, 6.45) is 1.14. The minimum Gasteiger partial charge on any atom is -0.466 e. The number of carbonyl (C=O) groups is 2. The summed E-state index contributed by atoms with van der Waals surface area (Å²) in [5, 5.41) is 0. The largest absolute Gasteiger partial charge is 0.466 e. The van der Waals surface area contributed by atoms with E-state index in [1.165, 1.54) is 4.31 Å². The molecule has 0 bridgehead atoms. The van der Waals surface area contributed by atoms with Crippen molar-refractivity contribution in [3.8, 4) is 0 Å². The molecule has 1 aliphatic rings. The maximum Gasteiger partial charge on any atom is 0.341 e. The van der Waals surface area contributed by atoms with Gasteiger partial charge in [0, 0.05) is 31.5 Å². The lowest BCUT2D eigenvalue weighted by Gasteiger charge is -2.30. The zero-order valence-corrected chi connectivity index (χ0v) is 17.4. The number of sulfonamides is 1. The molecule has 0 radical (unpaired) electrons. The second-order valence-corrected chi connectivity index (χ2v) is 8.48. The van der Waals surface area contributed by atoms with Crippen molar-refractivity contribution in [2.75, 3.05) is 26.3 Å². The smallest absolute Gasteiger partial charge is 0.341 e. The van der Waals surface area contributed by atoms with Crippen LogP contribution >= 0.6 is 0 Å². The Morgan fingerprint density at radius 3 is 2.33 bits per heavy atom. The fourth-order valence-electron chi connectivity index (χ4n) is 3.42. The van der Waals surface area contributed by atoms with Crippen molar-refractivity contribution in [2.45, 2.75) is 45.4 Å². The third-order valence-corrected chi connectivity index (χ3v) is 7.03. The van der Waals surface area contributed by atoms with Crippen LogP contribution in [-0.4, -0.2) is 55.5 Å². The van der Waals surface area contributed by atoms with Gasteiger partial charge in [0.2, 0.25) is 10.0 Å². The van der Waals surface area contributed by atoms with Gasteiger partial charge in [-0.15, -0.1) is 0 Å². The van der Waals surface area contributed by atoms with Gasteiger partial charge in [-0.1, -0.05) is 0 Å². The Morgan fingerprint density at radius 1 is 1.11 bits per heavy atom. The summed E-state index contributed by atoms with van der Waals surface area (Å²) in [4.78, 5) is 24.5. The SMILES string of the molecule is CCOC(=O)c1c(S(=O)(=O)N2CCCC(C(=O)OCC)C2)c(C)n(C)c1C. The van der Waals surface area contributed by atoms with Gasteiger partial charge < -0.3 is 14.0 Å². The molecule has 0 aromatic carbocycles. The molecule has 1 aromatic heterocycles. The highest BCUT2D eigenvalue weighted by atomic mass is 32.2. The lowest BCUT2D eigenvalue weighted by molar-refractivity contribution is -0.149. The van der Waals surface area contributed by atoms with E-state index in [2.05, 4.69) is 0 Å². The highest BCUT2D eigenvalue weighted by Crippen LogP contribution is 2.32. The summed E-state index contributed by atoms with van der Waals surface area (Å²) < 4.78 is 39.8. The van der Waals surface area contributed by atoms with E-state index >= 15 is 0 Å². The number of piperidine rings is 1. The number of nitrogens with zero attached hydrogens (tertiary/aromatic N) is 2. The van der Waals surface area contributed by atoms with Crippen molar-refractivity contribution in [1.29, 1.82) is 0 Å². The topological polar surface area (TPSA) is 94.9 Å². The van der Waals surface area contributed by atoms with E-state index in [4.69, 9.17) is 9.47 Å². The summed E-state index contributed by atoms with van der Waals surface area (Å²) >= 11 is 0. The second-order valence-electron chi connectivity index (χ2n) is 6.61. The predicted octanol–water partition coefficient (Wildman–Crippen LogP) is 1.78. The Hall–Kier alpha value is -1.87. The number of hydrogen-bond donors (Lipinski definition) is 0. The van der Waals surface area contributed by atoms with Crippen LogP contribution in [0.5, 0.6) is 0 Å². The number of carbonyl (C=O) groups excluding carboxylic acids is 2. The van der Waals surface area contributed by atoms with Crippen LogP contribution in [0.15, 0.2) is 4.90 Å². The van der Waals surface area contributed by atoms with Gasteiger partial charge in [0.15, 0.2) is 0 Å². The third kappa shape index (κ3) is 4.03. The number of rotatable bonds is 6. The van der Waals surface area contributed by atoms with Gasteiger partial charge >= 0.3 is 11.9 Å². The van der Waals surface area contributed by atoms with E-state index in [-0.39, 0.29) is 36.2 Å². The van der Waals surface area contributed by atoms with E-state index in [1.54, 1.807) is 39.3 Å². The summed E-state index contributed by atoms with van der Waals surface area (Å²) in [6.45, 7) is 7.51. The molecule has 1 atom stereocenters. The molecule has 0 saturated carbocycles. The van der Waals surface area contributed by atoms with E-state index in [9.17, 15) is 18.0 Å². The van der Waals surface area contributed by atoms with Crippen molar-refractivity contribution >= 4 is 22.0 Å². The highest BCUT2D eigenvalue weighted by Gasteiger charge is 2.39. The minimum atomic E-state index is -3.97. The van der Waals surface area contributed by atoms with Gasteiger partial charge in [0.05, 0.1) is 19.1 Å².